The van der Waals surface area contributed by atoms with Gasteiger partial charge in [-0.3, -0.25) is 4.79 Å². The topological polar surface area (TPSA) is 32.3 Å². The van der Waals surface area contributed by atoms with Gasteiger partial charge in [0.1, 0.15) is 5.82 Å². The Bertz CT molecular complexity index is 653. The van der Waals surface area contributed by atoms with E-state index >= 15 is 0 Å². The average Bonchev–Trinajstić information content (AvgIpc) is 2.48. The summed E-state index contributed by atoms with van der Waals surface area (Å²) >= 11 is 0. The molecule has 0 radical (unpaired) electrons. The standard InChI is InChI=1S/C17H19FN2O/c1-12-9-13(7-8-16(12)18)11-19-15-6-4-5-14(10-15)17(21)20(2)3/h4-10,19H,11H2,1-3H3. The van der Waals surface area contributed by atoms with Crippen LogP contribution < -0.4 is 5.32 Å². The van der Waals surface area contributed by atoms with Gasteiger partial charge >= 0.3 is 0 Å². The van der Waals surface area contributed by atoms with Gasteiger partial charge < -0.3 is 10.2 Å². The van der Waals surface area contributed by atoms with Crippen LogP contribution in [0.15, 0.2) is 42.5 Å². The molecule has 110 valence electrons. The van der Waals surface area contributed by atoms with Gasteiger partial charge in [-0.2, -0.15) is 0 Å². The van der Waals surface area contributed by atoms with Crippen LogP contribution in [0.25, 0.3) is 0 Å². The van der Waals surface area contributed by atoms with E-state index in [0.717, 1.165) is 11.3 Å². The summed E-state index contributed by atoms with van der Waals surface area (Å²) in [6.45, 7) is 2.33. The number of carbonyl (C=O) groups excluding carboxylic acids is 1. The number of nitrogens with one attached hydrogen (secondary N) is 1. The quantitative estimate of drug-likeness (QED) is 0.933. The van der Waals surface area contributed by atoms with E-state index in [1.807, 2.05) is 24.3 Å². The summed E-state index contributed by atoms with van der Waals surface area (Å²) in [6, 6.07) is 12.4. The Morgan fingerprint density at radius 1 is 1.19 bits per heavy atom. The molecule has 0 aliphatic heterocycles. The molecule has 2 aromatic carbocycles. The van der Waals surface area contributed by atoms with Crippen LogP contribution in [-0.2, 0) is 6.54 Å². The zero-order chi connectivity index (χ0) is 15.4. The van der Waals surface area contributed by atoms with Crippen molar-refractivity contribution in [2.75, 3.05) is 19.4 Å². The largest absolute Gasteiger partial charge is 0.381 e. The number of aryl methyl sites for hydroxylation is 1. The van der Waals surface area contributed by atoms with Crippen LogP contribution in [0.3, 0.4) is 0 Å². The first-order valence-corrected chi connectivity index (χ1v) is 6.78. The van der Waals surface area contributed by atoms with Crippen LogP contribution >= 0.6 is 0 Å². The predicted octanol–water partition coefficient (Wildman–Crippen LogP) is 3.45. The van der Waals surface area contributed by atoms with Gasteiger partial charge in [0.15, 0.2) is 0 Å². The molecule has 2 aromatic rings. The molecule has 0 heterocycles. The van der Waals surface area contributed by atoms with Crippen LogP contribution in [0.5, 0.6) is 0 Å². The second-order valence-electron chi connectivity index (χ2n) is 5.22. The molecule has 0 saturated heterocycles. The minimum atomic E-state index is -0.197. The van der Waals surface area contributed by atoms with Crippen LogP contribution in [0, 0.1) is 12.7 Å². The zero-order valence-electron chi connectivity index (χ0n) is 12.5. The molecule has 1 N–H and O–H groups in total. The van der Waals surface area contributed by atoms with Gasteiger partial charge in [-0.1, -0.05) is 18.2 Å². The highest BCUT2D eigenvalue weighted by Gasteiger charge is 2.08. The normalized spacial score (nSPS) is 10.3. The van der Waals surface area contributed by atoms with E-state index in [1.54, 1.807) is 38.1 Å². The van der Waals surface area contributed by atoms with Gasteiger partial charge in [-0.15, -0.1) is 0 Å². The maximum absolute atomic E-state index is 13.2. The van der Waals surface area contributed by atoms with Gasteiger partial charge in [0.25, 0.3) is 5.91 Å². The zero-order valence-corrected chi connectivity index (χ0v) is 12.5. The summed E-state index contributed by atoms with van der Waals surface area (Å²) in [7, 11) is 3.45. The van der Waals surface area contributed by atoms with E-state index < -0.39 is 0 Å². The maximum Gasteiger partial charge on any atom is 0.253 e. The highest BCUT2D eigenvalue weighted by atomic mass is 19.1. The lowest BCUT2D eigenvalue weighted by Gasteiger charge is -2.12. The molecular formula is C17H19FN2O. The number of carbonyl (C=O) groups is 1. The van der Waals surface area contributed by atoms with Crippen LogP contribution in [-0.4, -0.2) is 24.9 Å². The number of halogens is 1. The maximum atomic E-state index is 13.2. The predicted molar refractivity (Wildman–Crippen MR) is 82.9 cm³/mol. The van der Waals surface area contributed by atoms with Gasteiger partial charge in [-0.25, -0.2) is 4.39 Å². The van der Waals surface area contributed by atoms with Crippen molar-refractivity contribution in [2.24, 2.45) is 0 Å². The Morgan fingerprint density at radius 3 is 2.62 bits per heavy atom. The Morgan fingerprint density at radius 2 is 1.95 bits per heavy atom. The summed E-state index contributed by atoms with van der Waals surface area (Å²) in [4.78, 5) is 13.5. The average molecular weight is 286 g/mol. The van der Waals surface area contributed by atoms with Crippen LogP contribution in [0.4, 0.5) is 10.1 Å². The van der Waals surface area contributed by atoms with Crippen molar-refractivity contribution in [1.82, 2.24) is 4.90 Å². The lowest BCUT2D eigenvalue weighted by molar-refractivity contribution is 0.0827. The summed E-state index contributed by atoms with van der Waals surface area (Å²) in [5.74, 6) is -0.228. The highest BCUT2D eigenvalue weighted by molar-refractivity contribution is 5.94. The van der Waals surface area contributed by atoms with Crippen molar-refractivity contribution in [3.05, 3.63) is 65.0 Å². The number of rotatable bonds is 4. The molecule has 0 aliphatic carbocycles. The monoisotopic (exact) mass is 286 g/mol. The second-order valence-corrected chi connectivity index (χ2v) is 5.22. The van der Waals surface area contributed by atoms with Crippen molar-refractivity contribution in [1.29, 1.82) is 0 Å². The van der Waals surface area contributed by atoms with Gasteiger partial charge in [0.2, 0.25) is 0 Å². The molecule has 3 nitrogen and oxygen atoms in total. The molecule has 21 heavy (non-hydrogen) atoms. The molecule has 0 aliphatic rings. The first kappa shape index (κ1) is 15.0. The third kappa shape index (κ3) is 3.81. The second kappa shape index (κ2) is 6.39. The molecule has 4 heteroatoms. The molecule has 0 fully saturated rings. The fraction of sp³-hybridized carbons (Fsp3) is 0.235. The third-order valence-corrected chi connectivity index (χ3v) is 3.23. The number of anilines is 1. The van der Waals surface area contributed by atoms with Crippen molar-refractivity contribution in [3.63, 3.8) is 0 Å². The van der Waals surface area contributed by atoms with Gasteiger partial charge in [-0.05, 0) is 42.3 Å². The summed E-state index contributed by atoms with van der Waals surface area (Å²) in [6.07, 6.45) is 0. The summed E-state index contributed by atoms with van der Waals surface area (Å²) < 4.78 is 13.2. The fourth-order valence-electron chi connectivity index (χ4n) is 2.04. The fourth-order valence-corrected chi connectivity index (χ4v) is 2.04. The number of hydrogen-bond acceptors (Lipinski definition) is 2. The van der Waals surface area contributed by atoms with E-state index in [9.17, 15) is 9.18 Å². The number of nitrogens with zero attached hydrogens (tertiary/aromatic N) is 1. The molecule has 0 atom stereocenters. The SMILES string of the molecule is Cc1cc(CNc2cccc(C(=O)N(C)C)c2)ccc1F. The Kier molecular flexibility index (Phi) is 4.58. The van der Waals surface area contributed by atoms with E-state index in [0.29, 0.717) is 17.7 Å². The smallest absolute Gasteiger partial charge is 0.253 e. The number of amides is 1. The van der Waals surface area contributed by atoms with E-state index in [2.05, 4.69) is 5.32 Å². The van der Waals surface area contributed by atoms with Crippen LogP contribution in [0.2, 0.25) is 0 Å². The molecule has 0 spiro atoms. The Labute approximate surface area is 124 Å². The number of hydrogen-bond donors (Lipinski definition) is 1. The van der Waals surface area contributed by atoms with Crippen molar-refractivity contribution in [2.45, 2.75) is 13.5 Å². The first-order chi connectivity index (χ1) is 9.97. The molecule has 2 rings (SSSR count). The van der Waals surface area contributed by atoms with Crippen molar-refractivity contribution >= 4 is 11.6 Å². The van der Waals surface area contributed by atoms with E-state index in [-0.39, 0.29) is 11.7 Å². The molecule has 0 unspecified atom stereocenters. The van der Waals surface area contributed by atoms with E-state index in [4.69, 9.17) is 0 Å². The molecule has 0 saturated carbocycles. The van der Waals surface area contributed by atoms with Gasteiger partial charge in [0, 0.05) is 31.9 Å². The lowest BCUT2D eigenvalue weighted by Crippen LogP contribution is -2.21. The summed E-state index contributed by atoms with van der Waals surface area (Å²) in [5.41, 5.74) is 3.13. The molecule has 0 aromatic heterocycles. The summed E-state index contributed by atoms with van der Waals surface area (Å²) in [5, 5.41) is 3.25. The van der Waals surface area contributed by atoms with Gasteiger partial charge in [0.05, 0.1) is 0 Å². The minimum Gasteiger partial charge on any atom is -0.381 e. The van der Waals surface area contributed by atoms with Crippen molar-refractivity contribution in [3.8, 4) is 0 Å². The first-order valence-electron chi connectivity index (χ1n) is 6.78. The lowest BCUT2D eigenvalue weighted by atomic mass is 10.1. The highest BCUT2D eigenvalue weighted by Crippen LogP contribution is 2.15. The molecular weight excluding hydrogens is 267 g/mol. The Hall–Kier alpha value is -2.36. The van der Waals surface area contributed by atoms with Crippen molar-refractivity contribution < 1.29 is 9.18 Å². The number of benzene rings is 2. The molecule has 0 bridgehead atoms. The minimum absolute atomic E-state index is 0.0312. The third-order valence-electron chi connectivity index (χ3n) is 3.23. The van der Waals surface area contributed by atoms with E-state index in [1.165, 1.54) is 6.07 Å². The molecule has 1 amide bonds. The Balaban J connectivity index is 2.08. The van der Waals surface area contributed by atoms with Crippen LogP contribution in [0.1, 0.15) is 21.5 Å².